The van der Waals surface area contributed by atoms with Gasteiger partial charge in [-0.1, -0.05) is 26.0 Å². The predicted molar refractivity (Wildman–Crippen MR) is 103 cm³/mol. The van der Waals surface area contributed by atoms with Gasteiger partial charge in [-0.15, -0.1) is 0 Å². The average molecular weight is 361 g/mol. The second-order valence-electron chi connectivity index (χ2n) is 6.59. The Morgan fingerprint density at radius 2 is 1.92 bits per heavy atom. The molecular formula is C20H31N3O3. The van der Waals surface area contributed by atoms with Crippen LogP contribution < -0.4 is 15.4 Å². The van der Waals surface area contributed by atoms with Gasteiger partial charge in [0.05, 0.1) is 5.69 Å². The van der Waals surface area contributed by atoms with Gasteiger partial charge in [-0.05, 0) is 44.5 Å². The number of nitrogens with zero attached hydrogens (tertiary/aromatic N) is 1. The molecule has 0 radical (unpaired) electrons. The molecule has 6 heteroatoms. The van der Waals surface area contributed by atoms with Crippen molar-refractivity contribution in [2.24, 2.45) is 5.92 Å². The number of ether oxygens (including phenoxy) is 1. The third-order valence-corrected chi connectivity index (χ3v) is 4.55. The maximum atomic E-state index is 12.1. The molecule has 0 spiro atoms. The zero-order valence-electron chi connectivity index (χ0n) is 15.9. The van der Waals surface area contributed by atoms with Crippen LogP contribution in [0, 0.1) is 5.92 Å². The van der Waals surface area contributed by atoms with Gasteiger partial charge in [0.25, 0.3) is 0 Å². The van der Waals surface area contributed by atoms with E-state index in [0.717, 1.165) is 32.5 Å². The second-order valence-corrected chi connectivity index (χ2v) is 6.59. The van der Waals surface area contributed by atoms with Crippen LogP contribution >= 0.6 is 0 Å². The Labute approximate surface area is 156 Å². The fraction of sp³-hybridized carbons (Fsp3) is 0.600. The van der Waals surface area contributed by atoms with E-state index in [1.54, 1.807) is 0 Å². The first kappa shape index (κ1) is 20.2. The number of hydrogen-bond acceptors (Lipinski definition) is 4. The Bertz CT molecular complexity index is 583. The average Bonchev–Trinajstić information content (AvgIpc) is 3.49. The molecule has 1 aromatic carbocycles. The molecule has 0 aliphatic heterocycles. The third kappa shape index (κ3) is 7.04. The fourth-order valence-electron chi connectivity index (χ4n) is 2.68. The zero-order valence-corrected chi connectivity index (χ0v) is 15.9. The molecule has 1 saturated carbocycles. The summed E-state index contributed by atoms with van der Waals surface area (Å²) in [6.45, 7) is 8.24. The van der Waals surface area contributed by atoms with Crippen molar-refractivity contribution in [1.29, 1.82) is 0 Å². The number of rotatable bonds is 12. The van der Waals surface area contributed by atoms with E-state index < -0.39 is 0 Å². The molecule has 26 heavy (non-hydrogen) atoms. The van der Waals surface area contributed by atoms with E-state index in [1.165, 1.54) is 0 Å². The summed E-state index contributed by atoms with van der Waals surface area (Å²) in [5.41, 5.74) is 0.694. The first-order valence-electron chi connectivity index (χ1n) is 9.65. The summed E-state index contributed by atoms with van der Waals surface area (Å²) in [6.07, 6.45) is 3.00. The number of likely N-dealkylation sites (N-methyl/N-ethyl adjacent to an activating group) is 1. The van der Waals surface area contributed by atoms with Gasteiger partial charge in [-0.2, -0.15) is 0 Å². The number of benzene rings is 1. The van der Waals surface area contributed by atoms with Crippen LogP contribution in [0.15, 0.2) is 24.3 Å². The number of nitrogens with one attached hydrogen (secondary N) is 2. The van der Waals surface area contributed by atoms with E-state index in [1.807, 2.05) is 24.3 Å². The van der Waals surface area contributed by atoms with Gasteiger partial charge in [0.1, 0.15) is 12.4 Å². The minimum absolute atomic E-state index is 0.0644. The molecule has 0 heterocycles. The fourth-order valence-corrected chi connectivity index (χ4v) is 2.68. The smallest absolute Gasteiger partial charge is 0.224 e. The molecule has 0 bridgehead atoms. The summed E-state index contributed by atoms with van der Waals surface area (Å²) >= 11 is 0. The molecule has 0 aromatic heterocycles. The highest BCUT2D eigenvalue weighted by molar-refractivity contribution is 5.92. The summed E-state index contributed by atoms with van der Waals surface area (Å²) in [5, 5.41) is 5.79. The van der Waals surface area contributed by atoms with E-state index in [2.05, 4.69) is 29.4 Å². The summed E-state index contributed by atoms with van der Waals surface area (Å²) in [7, 11) is 0. The van der Waals surface area contributed by atoms with Crippen LogP contribution in [0.3, 0.4) is 0 Å². The molecular weight excluding hydrogens is 330 g/mol. The van der Waals surface area contributed by atoms with Crippen molar-refractivity contribution in [2.75, 3.05) is 38.1 Å². The van der Waals surface area contributed by atoms with Gasteiger partial charge in [-0.3, -0.25) is 9.59 Å². The van der Waals surface area contributed by atoms with Crippen molar-refractivity contribution < 1.29 is 14.3 Å². The van der Waals surface area contributed by atoms with E-state index in [-0.39, 0.29) is 17.7 Å². The Kier molecular flexibility index (Phi) is 8.41. The normalized spacial score (nSPS) is 13.5. The lowest BCUT2D eigenvalue weighted by atomic mass is 10.2. The Morgan fingerprint density at radius 1 is 1.19 bits per heavy atom. The summed E-state index contributed by atoms with van der Waals surface area (Å²) < 4.78 is 5.85. The highest BCUT2D eigenvalue weighted by atomic mass is 16.5. The first-order chi connectivity index (χ1) is 12.6. The number of para-hydroxylation sites is 2. The molecule has 6 nitrogen and oxygen atoms in total. The predicted octanol–water partition coefficient (Wildman–Crippen LogP) is 2.65. The first-order valence-corrected chi connectivity index (χ1v) is 9.65. The maximum absolute atomic E-state index is 12.1. The van der Waals surface area contributed by atoms with Crippen LogP contribution in [0.25, 0.3) is 0 Å². The molecule has 144 valence electrons. The molecule has 1 aromatic rings. The van der Waals surface area contributed by atoms with Crippen LogP contribution in [-0.2, 0) is 9.59 Å². The lowest BCUT2D eigenvalue weighted by Gasteiger charge is -2.19. The highest BCUT2D eigenvalue weighted by Gasteiger charge is 2.28. The molecule has 2 rings (SSSR count). The Hall–Kier alpha value is -2.08. The van der Waals surface area contributed by atoms with Crippen LogP contribution in [0.4, 0.5) is 5.69 Å². The monoisotopic (exact) mass is 361 g/mol. The lowest BCUT2D eigenvalue weighted by molar-refractivity contribution is -0.122. The molecule has 2 N–H and O–H groups in total. The molecule has 0 atom stereocenters. The van der Waals surface area contributed by atoms with Gasteiger partial charge < -0.3 is 20.3 Å². The quantitative estimate of drug-likeness (QED) is 0.562. The standard InChI is InChI=1S/C20H31N3O3/c1-3-23(4-2)14-15-26-18-9-6-5-8-17(18)22-19(24)10-7-13-21-20(25)16-11-12-16/h5-6,8-9,16H,3-4,7,10-15H2,1-2H3,(H,21,25)(H,22,24). The van der Waals surface area contributed by atoms with Crippen molar-refractivity contribution >= 4 is 17.5 Å². The number of anilines is 1. The van der Waals surface area contributed by atoms with Crippen molar-refractivity contribution in [1.82, 2.24) is 10.2 Å². The van der Waals surface area contributed by atoms with Gasteiger partial charge in [-0.25, -0.2) is 0 Å². The van der Waals surface area contributed by atoms with Crippen LogP contribution in [0.1, 0.15) is 39.5 Å². The molecule has 1 aliphatic rings. The Morgan fingerprint density at radius 3 is 2.62 bits per heavy atom. The molecule has 1 fully saturated rings. The minimum Gasteiger partial charge on any atom is -0.490 e. The van der Waals surface area contributed by atoms with E-state index in [9.17, 15) is 9.59 Å². The minimum atomic E-state index is -0.0644. The van der Waals surface area contributed by atoms with Crippen molar-refractivity contribution in [3.8, 4) is 5.75 Å². The summed E-state index contributed by atoms with van der Waals surface area (Å²) in [4.78, 5) is 26.0. The lowest BCUT2D eigenvalue weighted by Crippen LogP contribution is -2.28. The topological polar surface area (TPSA) is 70.7 Å². The van der Waals surface area contributed by atoms with Gasteiger partial charge in [0, 0.05) is 25.4 Å². The number of amides is 2. The van der Waals surface area contributed by atoms with Crippen LogP contribution in [0.5, 0.6) is 5.75 Å². The van der Waals surface area contributed by atoms with Crippen molar-refractivity contribution in [3.05, 3.63) is 24.3 Å². The van der Waals surface area contributed by atoms with E-state index in [4.69, 9.17) is 4.74 Å². The summed E-state index contributed by atoms with van der Waals surface area (Å²) in [6, 6.07) is 7.49. The molecule has 2 amide bonds. The van der Waals surface area contributed by atoms with Gasteiger partial charge >= 0.3 is 0 Å². The summed E-state index contributed by atoms with van der Waals surface area (Å²) in [5.74, 6) is 0.960. The van der Waals surface area contributed by atoms with Crippen LogP contribution in [-0.4, -0.2) is 49.5 Å². The number of hydrogen-bond donors (Lipinski definition) is 2. The maximum Gasteiger partial charge on any atom is 0.224 e. The molecule has 1 aliphatic carbocycles. The second kappa shape index (κ2) is 10.8. The molecule has 0 saturated heterocycles. The zero-order chi connectivity index (χ0) is 18.8. The number of carbonyl (C=O) groups is 2. The molecule has 0 unspecified atom stereocenters. The SMILES string of the molecule is CCN(CC)CCOc1ccccc1NC(=O)CCCNC(=O)C1CC1. The highest BCUT2D eigenvalue weighted by Crippen LogP contribution is 2.28. The van der Waals surface area contributed by atoms with Gasteiger partial charge in [0.2, 0.25) is 11.8 Å². The van der Waals surface area contributed by atoms with E-state index >= 15 is 0 Å². The van der Waals surface area contributed by atoms with E-state index in [0.29, 0.717) is 37.4 Å². The number of carbonyl (C=O) groups excluding carboxylic acids is 2. The largest absolute Gasteiger partial charge is 0.490 e. The van der Waals surface area contributed by atoms with Crippen LogP contribution in [0.2, 0.25) is 0 Å². The van der Waals surface area contributed by atoms with Gasteiger partial charge in [0.15, 0.2) is 0 Å². The van der Waals surface area contributed by atoms with Crippen molar-refractivity contribution in [2.45, 2.75) is 39.5 Å². The van der Waals surface area contributed by atoms with Crippen molar-refractivity contribution in [3.63, 3.8) is 0 Å². The third-order valence-electron chi connectivity index (χ3n) is 4.55. The Balaban J connectivity index is 1.71.